The zero-order valence-corrected chi connectivity index (χ0v) is 11.6. The molecule has 2 aromatic rings. The average Bonchev–Trinajstić information content (AvgIpc) is 2.94. The molecule has 1 N–H and O–H groups in total. The first-order valence-electron chi connectivity index (χ1n) is 5.09. The van der Waals surface area contributed by atoms with Crippen LogP contribution in [-0.4, -0.2) is 20.7 Å². The number of hydrogen-bond acceptors (Lipinski definition) is 4. The zero-order chi connectivity index (χ0) is 12.3. The molecule has 7 heteroatoms. The number of halogens is 1. The summed E-state index contributed by atoms with van der Waals surface area (Å²) in [5, 5.41) is 8.82. The number of nitrogens with one attached hydrogen (secondary N) is 1. The Labute approximate surface area is 111 Å². The number of carbonyl (C=O) groups is 1. The number of aryl methyl sites for hydroxylation is 1. The van der Waals surface area contributed by atoms with Gasteiger partial charge in [0.1, 0.15) is 5.69 Å². The molecule has 0 fully saturated rings. The normalized spacial score (nSPS) is 10.5. The summed E-state index contributed by atoms with van der Waals surface area (Å²) < 4.78 is 2.36. The van der Waals surface area contributed by atoms with E-state index in [4.69, 9.17) is 0 Å². The van der Waals surface area contributed by atoms with Crippen molar-refractivity contribution >= 4 is 33.2 Å². The van der Waals surface area contributed by atoms with E-state index in [-0.39, 0.29) is 5.91 Å². The third kappa shape index (κ3) is 2.73. The summed E-state index contributed by atoms with van der Waals surface area (Å²) in [6.07, 6.45) is 1.63. The van der Waals surface area contributed by atoms with Gasteiger partial charge in [0.15, 0.2) is 0 Å². The van der Waals surface area contributed by atoms with Crippen molar-refractivity contribution < 1.29 is 4.79 Å². The predicted molar refractivity (Wildman–Crippen MR) is 68.9 cm³/mol. The second kappa shape index (κ2) is 5.42. The minimum Gasteiger partial charge on any atom is -0.345 e. The zero-order valence-electron chi connectivity index (χ0n) is 9.18. The second-order valence-corrected chi connectivity index (χ2v) is 4.89. The lowest BCUT2D eigenvalue weighted by atomic mass is 10.3. The van der Waals surface area contributed by atoms with E-state index in [2.05, 4.69) is 31.3 Å². The topological polar surface area (TPSA) is 59.8 Å². The SMILES string of the molecule is CCn1ncc(Br)c1C(=O)NCc1cscn1. The molecule has 0 saturated heterocycles. The van der Waals surface area contributed by atoms with Gasteiger partial charge < -0.3 is 5.32 Å². The Balaban J connectivity index is 2.06. The van der Waals surface area contributed by atoms with Crippen LogP contribution in [0, 0.1) is 0 Å². The van der Waals surface area contributed by atoms with Gasteiger partial charge >= 0.3 is 0 Å². The van der Waals surface area contributed by atoms with Gasteiger partial charge in [-0.2, -0.15) is 5.10 Å². The molecule has 0 aliphatic rings. The summed E-state index contributed by atoms with van der Waals surface area (Å²) in [5.41, 5.74) is 3.15. The largest absolute Gasteiger partial charge is 0.345 e. The van der Waals surface area contributed by atoms with Crippen LogP contribution in [0.25, 0.3) is 0 Å². The Morgan fingerprint density at radius 2 is 2.47 bits per heavy atom. The Hall–Kier alpha value is -1.21. The molecule has 0 aromatic carbocycles. The minimum absolute atomic E-state index is 0.149. The number of rotatable bonds is 4. The molecule has 0 unspecified atom stereocenters. The number of hydrogen-bond donors (Lipinski definition) is 1. The molecule has 0 bridgehead atoms. The van der Waals surface area contributed by atoms with E-state index >= 15 is 0 Å². The molecule has 0 saturated carbocycles. The van der Waals surface area contributed by atoms with Crippen molar-refractivity contribution in [2.75, 3.05) is 0 Å². The monoisotopic (exact) mass is 314 g/mol. The molecule has 0 aliphatic carbocycles. The van der Waals surface area contributed by atoms with Gasteiger partial charge in [-0.3, -0.25) is 9.48 Å². The van der Waals surface area contributed by atoms with Crippen LogP contribution in [0.3, 0.4) is 0 Å². The fraction of sp³-hybridized carbons (Fsp3) is 0.300. The molecule has 90 valence electrons. The average molecular weight is 315 g/mol. The third-order valence-electron chi connectivity index (χ3n) is 2.22. The summed E-state index contributed by atoms with van der Waals surface area (Å²) in [5.74, 6) is -0.149. The van der Waals surface area contributed by atoms with Gasteiger partial charge in [0.25, 0.3) is 5.91 Å². The quantitative estimate of drug-likeness (QED) is 0.939. The van der Waals surface area contributed by atoms with Gasteiger partial charge in [-0.1, -0.05) is 0 Å². The Kier molecular flexibility index (Phi) is 3.90. The minimum atomic E-state index is -0.149. The molecule has 0 radical (unpaired) electrons. The fourth-order valence-corrected chi connectivity index (χ4v) is 2.44. The number of amides is 1. The van der Waals surface area contributed by atoms with Gasteiger partial charge in [0.2, 0.25) is 0 Å². The smallest absolute Gasteiger partial charge is 0.271 e. The van der Waals surface area contributed by atoms with E-state index in [1.807, 2.05) is 12.3 Å². The highest BCUT2D eigenvalue weighted by Gasteiger charge is 2.16. The molecule has 0 aliphatic heterocycles. The van der Waals surface area contributed by atoms with Crippen LogP contribution in [-0.2, 0) is 13.1 Å². The summed E-state index contributed by atoms with van der Waals surface area (Å²) in [6, 6.07) is 0. The van der Waals surface area contributed by atoms with E-state index in [9.17, 15) is 4.79 Å². The summed E-state index contributed by atoms with van der Waals surface area (Å²) in [7, 11) is 0. The maximum atomic E-state index is 12.0. The van der Waals surface area contributed by atoms with Crippen LogP contribution in [0.15, 0.2) is 21.6 Å². The Morgan fingerprint density at radius 1 is 1.65 bits per heavy atom. The lowest BCUT2D eigenvalue weighted by Crippen LogP contribution is -2.26. The van der Waals surface area contributed by atoms with Crippen molar-refractivity contribution in [2.45, 2.75) is 20.0 Å². The predicted octanol–water partition coefficient (Wildman–Crippen LogP) is 2.05. The molecule has 2 heterocycles. The Morgan fingerprint density at radius 3 is 3.12 bits per heavy atom. The first kappa shape index (κ1) is 12.3. The van der Waals surface area contributed by atoms with Crippen molar-refractivity contribution in [3.8, 4) is 0 Å². The standard InChI is InChI=1S/C10H11BrN4OS/c1-2-15-9(8(11)4-14-15)10(16)12-3-7-5-17-6-13-7/h4-6H,2-3H2,1H3,(H,12,16). The van der Waals surface area contributed by atoms with E-state index in [1.54, 1.807) is 16.4 Å². The van der Waals surface area contributed by atoms with Crippen LogP contribution in [0.5, 0.6) is 0 Å². The molecule has 17 heavy (non-hydrogen) atoms. The molecule has 5 nitrogen and oxygen atoms in total. The van der Waals surface area contributed by atoms with Gasteiger partial charge in [-0.25, -0.2) is 4.98 Å². The van der Waals surface area contributed by atoms with Crippen LogP contribution in [0.1, 0.15) is 23.1 Å². The molecular weight excluding hydrogens is 304 g/mol. The van der Waals surface area contributed by atoms with Crippen LogP contribution in [0.4, 0.5) is 0 Å². The molecular formula is C10H11BrN4OS. The molecule has 2 rings (SSSR count). The number of carbonyl (C=O) groups excluding carboxylic acids is 1. The van der Waals surface area contributed by atoms with Crippen molar-refractivity contribution in [1.82, 2.24) is 20.1 Å². The molecule has 1 amide bonds. The van der Waals surface area contributed by atoms with E-state index in [0.29, 0.717) is 23.3 Å². The van der Waals surface area contributed by atoms with Gasteiger partial charge in [0.05, 0.1) is 28.4 Å². The van der Waals surface area contributed by atoms with Crippen LogP contribution in [0.2, 0.25) is 0 Å². The number of nitrogens with zero attached hydrogens (tertiary/aromatic N) is 3. The second-order valence-electron chi connectivity index (χ2n) is 3.32. The van der Waals surface area contributed by atoms with Crippen LogP contribution < -0.4 is 5.32 Å². The van der Waals surface area contributed by atoms with Crippen molar-refractivity contribution in [3.05, 3.63) is 32.9 Å². The van der Waals surface area contributed by atoms with Crippen molar-refractivity contribution in [2.24, 2.45) is 0 Å². The van der Waals surface area contributed by atoms with E-state index in [1.165, 1.54) is 11.3 Å². The molecule has 0 atom stereocenters. The molecule has 2 aromatic heterocycles. The number of aromatic nitrogens is 3. The van der Waals surface area contributed by atoms with Crippen molar-refractivity contribution in [3.63, 3.8) is 0 Å². The van der Waals surface area contributed by atoms with Gasteiger partial charge in [0, 0.05) is 11.9 Å². The fourth-order valence-electron chi connectivity index (χ4n) is 1.41. The summed E-state index contributed by atoms with van der Waals surface area (Å²) in [6.45, 7) is 3.03. The van der Waals surface area contributed by atoms with Gasteiger partial charge in [-0.05, 0) is 22.9 Å². The molecule has 0 spiro atoms. The maximum Gasteiger partial charge on any atom is 0.271 e. The highest BCUT2D eigenvalue weighted by molar-refractivity contribution is 9.10. The summed E-state index contributed by atoms with van der Waals surface area (Å²) in [4.78, 5) is 16.1. The first-order chi connectivity index (χ1) is 8.22. The van der Waals surface area contributed by atoms with Crippen LogP contribution >= 0.6 is 27.3 Å². The third-order valence-corrected chi connectivity index (χ3v) is 3.44. The Bertz CT molecular complexity index is 508. The first-order valence-corrected chi connectivity index (χ1v) is 6.82. The lowest BCUT2D eigenvalue weighted by molar-refractivity contribution is 0.0939. The summed E-state index contributed by atoms with van der Waals surface area (Å²) >= 11 is 4.83. The lowest BCUT2D eigenvalue weighted by Gasteiger charge is -2.06. The van der Waals surface area contributed by atoms with E-state index < -0.39 is 0 Å². The highest BCUT2D eigenvalue weighted by Crippen LogP contribution is 2.15. The van der Waals surface area contributed by atoms with Gasteiger partial charge in [-0.15, -0.1) is 11.3 Å². The highest BCUT2D eigenvalue weighted by atomic mass is 79.9. The van der Waals surface area contributed by atoms with E-state index in [0.717, 1.165) is 5.69 Å². The number of thiazole rings is 1. The van der Waals surface area contributed by atoms with Crippen molar-refractivity contribution in [1.29, 1.82) is 0 Å². The maximum absolute atomic E-state index is 12.0.